The molecule has 0 bridgehead atoms. The molecule has 0 unspecified atom stereocenters. The van der Waals surface area contributed by atoms with Gasteiger partial charge < -0.3 is 9.47 Å². The molecule has 6 nitrogen and oxygen atoms in total. The summed E-state index contributed by atoms with van der Waals surface area (Å²) in [5, 5.41) is 3.24. The highest BCUT2D eigenvalue weighted by Crippen LogP contribution is 2.44. The van der Waals surface area contributed by atoms with Gasteiger partial charge in [0.1, 0.15) is 18.8 Å². The molecule has 2 aromatic rings. The Kier molecular flexibility index (Phi) is 5.52. The third kappa shape index (κ3) is 4.19. The summed E-state index contributed by atoms with van der Waals surface area (Å²) in [5.74, 6) is -0.330. The predicted octanol–water partition coefficient (Wildman–Crippen LogP) is 4.20. The molecule has 1 amide bonds. The predicted molar refractivity (Wildman–Crippen MR) is 114 cm³/mol. The van der Waals surface area contributed by atoms with Gasteiger partial charge in [-0.1, -0.05) is 48.5 Å². The second kappa shape index (κ2) is 8.11. The lowest BCUT2D eigenvalue weighted by molar-refractivity contribution is -0.158. The van der Waals surface area contributed by atoms with Gasteiger partial charge in [0.25, 0.3) is 0 Å². The standard InChI is InChI=1S/C24H28N2O4/c1-24(2,3)30-22(27)15-25-13-8-14-26(25)23(28)29-16-21-19-11-6-4-9-17(19)18-10-5-7-12-20(18)21/h4-7,9-12,21H,8,13-16H2,1-3H3. The Bertz CT molecular complexity index is 905. The van der Waals surface area contributed by atoms with Crippen LogP contribution in [0, 0.1) is 0 Å². The largest absolute Gasteiger partial charge is 0.459 e. The molecular weight excluding hydrogens is 380 g/mol. The van der Waals surface area contributed by atoms with Gasteiger partial charge in [0, 0.05) is 19.0 Å². The van der Waals surface area contributed by atoms with Crippen molar-refractivity contribution in [2.45, 2.75) is 38.7 Å². The molecule has 0 saturated carbocycles. The Balaban J connectivity index is 1.42. The minimum absolute atomic E-state index is 0.0169. The first-order valence-electron chi connectivity index (χ1n) is 10.4. The summed E-state index contributed by atoms with van der Waals surface area (Å²) in [5.41, 5.74) is 4.20. The fourth-order valence-electron chi connectivity index (χ4n) is 4.23. The topological polar surface area (TPSA) is 59.1 Å². The molecule has 1 aliphatic carbocycles. The molecular formula is C24H28N2O4. The van der Waals surface area contributed by atoms with Crippen molar-refractivity contribution in [3.8, 4) is 11.1 Å². The van der Waals surface area contributed by atoms with Crippen molar-refractivity contribution in [2.24, 2.45) is 0 Å². The molecule has 0 N–H and O–H groups in total. The van der Waals surface area contributed by atoms with Crippen LogP contribution in [0.1, 0.15) is 44.2 Å². The first kappa shape index (κ1) is 20.4. The Labute approximate surface area is 177 Å². The number of nitrogens with zero attached hydrogens (tertiary/aromatic N) is 2. The summed E-state index contributed by atoms with van der Waals surface area (Å²) >= 11 is 0. The fourth-order valence-corrected chi connectivity index (χ4v) is 4.23. The fraction of sp³-hybridized carbons (Fsp3) is 0.417. The Morgan fingerprint density at radius 3 is 2.17 bits per heavy atom. The maximum absolute atomic E-state index is 12.8. The minimum Gasteiger partial charge on any atom is -0.459 e. The van der Waals surface area contributed by atoms with E-state index < -0.39 is 11.7 Å². The summed E-state index contributed by atoms with van der Waals surface area (Å²) in [6, 6.07) is 16.5. The van der Waals surface area contributed by atoms with Crippen molar-refractivity contribution < 1.29 is 19.1 Å². The van der Waals surface area contributed by atoms with Crippen LogP contribution in [-0.4, -0.2) is 53.9 Å². The van der Waals surface area contributed by atoms with E-state index in [1.807, 2.05) is 45.0 Å². The van der Waals surface area contributed by atoms with Crippen LogP contribution < -0.4 is 0 Å². The van der Waals surface area contributed by atoms with Crippen LogP contribution in [0.25, 0.3) is 11.1 Å². The smallest absolute Gasteiger partial charge is 0.424 e. The number of carbonyl (C=O) groups is 2. The molecule has 1 fully saturated rings. The lowest BCUT2D eigenvalue weighted by atomic mass is 9.98. The zero-order chi connectivity index (χ0) is 21.3. The maximum Gasteiger partial charge on any atom is 0.424 e. The first-order valence-corrected chi connectivity index (χ1v) is 10.4. The van der Waals surface area contributed by atoms with Crippen molar-refractivity contribution in [1.82, 2.24) is 10.0 Å². The average Bonchev–Trinajstić information content (AvgIpc) is 3.27. The molecule has 0 radical (unpaired) electrons. The summed E-state index contributed by atoms with van der Waals surface area (Å²) in [4.78, 5) is 25.0. The molecule has 2 aromatic carbocycles. The van der Waals surface area contributed by atoms with E-state index in [-0.39, 0.29) is 25.0 Å². The van der Waals surface area contributed by atoms with E-state index in [9.17, 15) is 9.59 Å². The van der Waals surface area contributed by atoms with E-state index in [0.717, 1.165) is 6.42 Å². The van der Waals surface area contributed by atoms with Gasteiger partial charge in [0.2, 0.25) is 0 Å². The van der Waals surface area contributed by atoms with Crippen LogP contribution in [0.15, 0.2) is 48.5 Å². The minimum atomic E-state index is -0.550. The molecule has 1 aliphatic heterocycles. The van der Waals surface area contributed by atoms with Gasteiger partial charge in [0.05, 0.1) is 0 Å². The molecule has 4 rings (SSSR count). The Morgan fingerprint density at radius 1 is 0.967 bits per heavy atom. The van der Waals surface area contributed by atoms with Crippen molar-refractivity contribution in [1.29, 1.82) is 0 Å². The molecule has 0 spiro atoms. The van der Waals surface area contributed by atoms with Crippen molar-refractivity contribution >= 4 is 12.1 Å². The summed E-state index contributed by atoms with van der Waals surface area (Å²) in [7, 11) is 0. The van der Waals surface area contributed by atoms with Gasteiger partial charge in [-0.05, 0) is 49.4 Å². The van der Waals surface area contributed by atoms with Crippen LogP contribution in [0.3, 0.4) is 0 Å². The number of hydrogen-bond donors (Lipinski definition) is 0. The van der Waals surface area contributed by atoms with Gasteiger partial charge in [-0.25, -0.2) is 14.8 Å². The highest BCUT2D eigenvalue weighted by Gasteiger charge is 2.33. The van der Waals surface area contributed by atoms with Crippen molar-refractivity contribution in [3.05, 3.63) is 59.7 Å². The summed E-state index contributed by atoms with van der Waals surface area (Å²) in [6.07, 6.45) is 0.380. The van der Waals surface area contributed by atoms with Crippen LogP contribution in [-0.2, 0) is 14.3 Å². The van der Waals surface area contributed by atoms with Crippen LogP contribution in [0.2, 0.25) is 0 Å². The quantitative estimate of drug-likeness (QED) is 0.710. The highest BCUT2D eigenvalue weighted by atomic mass is 16.6. The second-order valence-corrected chi connectivity index (χ2v) is 8.76. The van der Waals surface area contributed by atoms with Gasteiger partial charge in [-0.2, -0.15) is 0 Å². The Morgan fingerprint density at radius 2 is 1.57 bits per heavy atom. The molecule has 2 aliphatic rings. The van der Waals surface area contributed by atoms with Crippen molar-refractivity contribution in [2.75, 3.05) is 26.2 Å². The van der Waals surface area contributed by atoms with Crippen LogP contribution >= 0.6 is 0 Å². The molecule has 1 saturated heterocycles. The molecule has 6 heteroatoms. The van der Waals surface area contributed by atoms with Gasteiger partial charge in [0.15, 0.2) is 0 Å². The average molecular weight is 408 g/mol. The molecule has 0 aromatic heterocycles. The molecule has 1 heterocycles. The summed E-state index contributed by atoms with van der Waals surface area (Å²) in [6.45, 7) is 6.97. The van der Waals surface area contributed by atoms with E-state index in [1.54, 1.807) is 5.01 Å². The number of esters is 1. The van der Waals surface area contributed by atoms with E-state index >= 15 is 0 Å². The van der Waals surface area contributed by atoms with E-state index in [1.165, 1.54) is 27.3 Å². The molecule has 0 atom stereocenters. The van der Waals surface area contributed by atoms with E-state index in [4.69, 9.17) is 9.47 Å². The monoisotopic (exact) mass is 408 g/mol. The first-order chi connectivity index (χ1) is 14.3. The number of carbonyl (C=O) groups excluding carboxylic acids is 2. The molecule has 158 valence electrons. The number of hydrogen-bond acceptors (Lipinski definition) is 5. The number of amides is 1. The lowest BCUT2D eigenvalue weighted by Gasteiger charge is -2.28. The highest BCUT2D eigenvalue weighted by molar-refractivity contribution is 5.79. The zero-order valence-electron chi connectivity index (χ0n) is 17.8. The third-order valence-electron chi connectivity index (χ3n) is 5.41. The lowest BCUT2D eigenvalue weighted by Crippen LogP contribution is -2.45. The van der Waals surface area contributed by atoms with Gasteiger partial charge >= 0.3 is 12.1 Å². The van der Waals surface area contributed by atoms with Crippen LogP contribution in [0.4, 0.5) is 4.79 Å². The van der Waals surface area contributed by atoms with E-state index in [2.05, 4.69) is 24.3 Å². The SMILES string of the molecule is CC(C)(C)OC(=O)CN1CCCN1C(=O)OCC1c2ccccc2-c2ccccc21. The second-order valence-electron chi connectivity index (χ2n) is 8.76. The summed E-state index contributed by atoms with van der Waals surface area (Å²) < 4.78 is 11.1. The normalized spacial score (nSPS) is 16.3. The van der Waals surface area contributed by atoms with Crippen LogP contribution in [0.5, 0.6) is 0 Å². The van der Waals surface area contributed by atoms with Crippen molar-refractivity contribution in [3.63, 3.8) is 0 Å². The number of rotatable bonds is 4. The van der Waals surface area contributed by atoms with Gasteiger partial charge in [-0.15, -0.1) is 0 Å². The van der Waals surface area contributed by atoms with Gasteiger partial charge in [-0.3, -0.25) is 4.79 Å². The maximum atomic E-state index is 12.8. The van der Waals surface area contributed by atoms with E-state index in [0.29, 0.717) is 13.1 Å². The number of fused-ring (bicyclic) bond motifs is 3. The Hall–Kier alpha value is -2.86. The number of benzene rings is 2. The number of hydrazine groups is 1. The molecule has 30 heavy (non-hydrogen) atoms. The third-order valence-corrected chi connectivity index (χ3v) is 5.41. The zero-order valence-corrected chi connectivity index (χ0v) is 17.8. The number of ether oxygens (including phenoxy) is 2.